The van der Waals surface area contributed by atoms with E-state index in [1.54, 1.807) is 49.4 Å². The number of carbonyl (C=O) groups is 1. The topological polar surface area (TPSA) is 94.8 Å². The van der Waals surface area contributed by atoms with E-state index in [-0.39, 0.29) is 47.4 Å². The molecule has 0 aliphatic carbocycles. The zero-order chi connectivity index (χ0) is 33.0. The summed E-state index contributed by atoms with van der Waals surface area (Å²) in [6.45, 7) is 3.68. The minimum atomic E-state index is -4.60. The van der Waals surface area contributed by atoms with Crippen LogP contribution in [0.4, 0.5) is 18.9 Å². The van der Waals surface area contributed by atoms with Crippen molar-refractivity contribution in [1.29, 1.82) is 0 Å². The maximum atomic E-state index is 13.6. The third-order valence-corrected chi connectivity index (χ3v) is 8.80. The molecule has 0 saturated carbocycles. The molecule has 0 spiro atoms. The lowest BCUT2D eigenvalue weighted by molar-refractivity contribution is -0.137. The van der Waals surface area contributed by atoms with Crippen LogP contribution in [0.25, 0.3) is 22.3 Å². The van der Waals surface area contributed by atoms with E-state index in [0.717, 1.165) is 22.4 Å². The number of alkyl halides is 3. The number of benzene rings is 4. The molecule has 0 bridgehead atoms. The van der Waals surface area contributed by atoms with Crippen LogP contribution in [-0.2, 0) is 11.0 Å². The van der Waals surface area contributed by atoms with Gasteiger partial charge in [0.2, 0.25) is 0 Å². The minimum Gasteiger partial charge on any atom is -0.490 e. The van der Waals surface area contributed by atoms with Gasteiger partial charge in [-0.15, -0.1) is 0 Å². The molecule has 46 heavy (non-hydrogen) atoms. The second-order valence-corrected chi connectivity index (χ2v) is 11.5. The fraction of sp³-hybridized carbons (Fsp3) is 0.152. The molecular weight excluding hydrogens is 733 g/mol. The van der Waals surface area contributed by atoms with Crippen LogP contribution in [0.15, 0.2) is 97.7 Å². The van der Waals surface area contributed by atoms with E-state index in [4.69, 9.17) is 9.47 Å². The summed E-state index contributed by atoms with van der Waals surface area (Å²) >= 11 is 7.00. The number of fused-ring (bicyclic) bond motifs is 1. The molecule has 0 atom stereocenters. The first kappa shape index (κ1) is 32.9. The number of anilines is 1. The Hall–Kier alpha value is -4.49. The van der Waals surface area contributed by atoms with Crippen molar-refractivity contribution in [2.24, 2.45) is 5.10 Å². The van der Waals surface area contributed by atoms with Crippen LogP contribution in [0, 0.1) is 6.92 Å². The average molecular weight is 758 g/mol. The molecule has 236 valence electrons. The number of rotatable bonds is 9. The molecule has 5 aromatic rings. The molecule has 1 aromatic heterocycles. The maximum Gasteiger partial charge on any atom is 0.416 e. The number of halogens is 5. The number of amides is 1. The molecule has 0 aliphatic heterocycles. The van der Waals surface area contributed by atoms with Gasteiger partial charge >= 0.3 is 6.18 Å². The van der Waals surface area contributed by atoms with Gasteiger partial charge in [0.15, 0.2) is 23.9 Å². The summed E-state index contributed by atoms with van der Waals surface area (Å²) in [5, 5.41) is 7.38. The van der Waals surface area contributed by atoms with Gasteiger partial charge in [0.1, 0.15) is 0 Å². The Kier molecular flexibility index (Phi) is 9.92. The van der Waals surface area contributed by atoms with Crippen molar-refractivity contribution in [3.05, 3.63) is 115 Å². The first-order chi connectivity index (χ1) is 22.0. The standard InChI is InChI=1S/C33H25Br2F3N4O4/c1-3-45-26-16-21(28(34)29(35)30(26)46-18-27(43)40-23-13-11-19(2)12-14-23)17-39-42-31(20-7-6-8-22(15-20)33(36,37)38)41-25-10-5-4-9-24(25)32(42)44/h4-17H,3,18H2,1-2H3,(H,40,43). The summed E-state index contributed by atoms with van der Waals surface area (Å²) in [7, 11) is 0. The molecule has 0 saturated heterocycles. The summed E-state index contributed by atoms with van der Waals surface area (Å²) in [6, 6.07) is 20.0. The molecule has 4 aromatic carbocycles. The van der Waals surface area contributed by atoms with Gasteiger partial charge < -0.3 is 14.8 Å². The van der Waals surface area contributed by atoms with Gasteiger partial charge in [-0.3, -0.25) is 9.59 Å². The van der Waals surface area contributed by atoms with Crippen LogP contribution in [0.3, 0.4) is 0 Å². The zero-order valence-electron chi connectivity index (χ0n) is 24.4. The first-order valence-corrected chi connectivity index (χ1v) is 15.4. The molecule has 0 fully saturated rings. The highest BCUT2D eigenvalue weighted by atomic mass is 79.9. The van der Waals surface area contributed by atoms with Gasteiger partial charge in [0.05, 0.1) is 33.8 Å². The lowest BCUT2D eigenvalue weighted by atomic mass is 10.1. The second kappa shape index (κ2) is 13.9. The van der Waals surface area contributed by atoms with Crippen molar-refractivity contribution >= 4 is 60.6 Å². The van der Waals surface area contributed by atoms with Gasteiger partial charge in [-0.25, -0.2) is 4.98 Å². The van der Waals surface area contributed by atoms with E-state index < -0.39 is 17.3 Å². The number of carbonyl (C=O) groups excluding carboxylic acids is 1. The number of para-hydroxylation sites is 1. The molecule has 8 nitrogen and oxygen atoms in total. The highest BCUT2D eigenvalue weighted by Gasteiger charge is 2.31. The third-order valence-electron chi connectivity index (χ3n) is 6.65. The fourth-order valence-corrected chi connectivity index (χ4v) is 5.38. The number of hydrogen-bond acceptors (Lipinski definition) is 6. The molecule has 1 heterocycles. The second-order valence-electron chi connectivity index (χ2n) is 9.95. The van der Waals surface area contributed by atoms with Gasteiger partial charge in [0.25, 0.3) is 11.5 Å². The highest BCUT2D eigenvalue weighted by Crippen LogP contribution is 2.42. The number of nitrogens with zero attached hydrogens (tertiary/aromatic N) is 3. The lowest BCUT2D eigenvalue weighted by Crippen LogP contribution is -2.21. The van der Waals surface area contributed by atoms with Gasteiger partial charge in [-0.05, 0) is 88.2 Å². The molecule has 0 unspecified atom stereocenters. The third kappa shape index (κ3) is 7.31. The van der Waals surface area contributed by atoms with E-state index in [1.807, 2.05) is 19.1 Å². The number of aromatic nitrogens is 2. The quantitative estimate of drug-likeness (QED) is 0.153. The van der Waals surface area contributed by atoms with E-state index >= 15 is 0 Å². The summed E-state index contributed by atoms with van der Waals surface area (Å²) < 4.78 is 54.1. The van der Waals surface area contributed by atoms with Crippen LogP contribution in [0.5, 0.6) is 11.5 Å². The summed E-state index contributed by atoms with van der Waals surface area (Å²) in [4.78, 5) is 30.7. The van der Waals surface area contributed by atoms with Gasteiger partial charge in [0, 0.05) is 21.3 Å². The largest absolute Gasteiger partial charge is 0.490 e. The van der Waals surface area contributed by atoms with Crippen LogP contribution >= 0.6 is 31.9 Å². The predicted octanol–water partition coefficient (Wildman–Crippen LogP) is 8.21. The van der Waals surface area contributed by atoms with E-state index in [2.05, 4.69) is 47.3 Å². The van der Waals surface area contributed by atoms with Crippen molar-refractivity contribution < 1.29 is 27.4 Å². The number of aryl methyl sites for hydroxylation is 1. The van der Waals surface area contributed by atoms with E-state index in [0.29, 0.717) is 25.7 Å². The Morgan fingerprint density at radius 3 is 2.46 bits per heavy atom. The number of ether oxygens (including phenoxy) is 2. The van der Waals surface area contributed by atoms with Crippen molar-refractivity contribution in [2.75, 3.05) is 18.5 Å². The molecule has 13 heteroatoms. The Balaban J connectivity index is 1.52. The SMILES string of the molecule is CCOc1cc(C=Nn2c(-c3cccc(C(F)(F)F)c3)nc3ccccc3c2=O)c(Br)c(Br)c1OCC(=O)Nc1ccc(C)cc1. The van der Waals surface area contributed by atoms with Gasteiger partial charge in [-0.1, -0.05) is 42.0 Å². The number of nitrogens with one attached hydrogen (secondary N) is 1. The Labute approximate surface area is 278 Å². The van der Waals surface area contributed by atoms with Crippen LogP contribution in [-0.4, -0.2) is 35.0 Å². The van der Waals surface area contributed by atoms with Crippen molar-refractivity contribution in [3.8, 4) is 22.9 Å². The Morgan fingerprint density at radius 1 is 1.00 bits per heavy atom. The molecular formula is C33H25Br2F3N4O4. The summed E-state index contributed by atoms with van der Waals surface area (Å²) in [5.41, 5.74) is 1.01. The molecule has 1 amide bonds. The highest BCUT2D eigenvalue weighted by molar-refractivity contribution is 9.13. The van der Waals surface area contributed by atoms with Crippen molar-refractivity contribution in [1.82, 2.24) is 9.66 Å². The summed E-state index contributed by atoms with van der Waals surface area (Å²) in [5.74, 6) is 0.0689. The van der Waals surface area contributed by atoms with E-state index in [9.17, 15) is 22.8 Å². The Bertz CT molecular complexity index is 2010. The lowest BCUT2D eigenvalue weighted by Gasteiger charge is -2.16. The Morgan fingerprint density at radius 2 is 1.74 bits per heavy atom. The van der Waals surface area contributed by atoms with Crippen molar-refractivity contribution in [3.63, 3.8) is 0 Å². The predicted molar refractivity (Wildman–Crippen MR) is 178 cm³/mol. The average Bonchev–Trinajstić information content (AvgIpc) is 3.03. The smallest absolute Gasteiger partial charge is 0.416 e. The molecule has 0 radical (unpaired) electrons. The summed E-state index contributed by atoms with van der Waals surface area (Å²) in [6.07, 6.45) is -3.25. The van der Waals surface area contributed by atoms with Crippen LogP contribution in [0.1, 0.15) is 23.6 Å². The monoisotopic (exact) mass is 756 g/mol. The minimum absolute atomic E-state index is 0.0535. The van der Waals surface area contributed by atoms with Crippen LogP contribution < -0.4 is 20.3 Å². The van der Waals surface area contributed by atoms with Crippen molar-refractivity contribution in [2.45, 2.75) is 20.0 Å². The molecule has 0 aliphatic rings. The normalized spacial score (nSPS) is 11.6. The maximum absolute atomic E-state index is 13.6. The fourth-order valence-electron chi connectivity index (χ4n) is 4.44. The molecule has 1 N–H and O–H groups in total. The zero-order valence-corrected chi connectivity index (χ0v) is 27.5. The van der Waals surface area contributed by atoms with Crippen LogP contribution in [0.2, 0.25) is 0 Å². The number of hydrogen-bond donors (Lipinski definition) is 1. The van der Waals surface area contributed by atoms with E-state index in [1.165, 1.54) is 18.3 Å². The van der Waals surface area contributed by atoms with Gasteiger partial charge in [-0.2, -0.15) is 22.9 Å². The first-order valence-electron chi connectivity index (χ1n) is 13.8. The molecule has 5 rings (SSSR count).